The average molecular weight is 444 g/mol. The number of pyridine rings is 1. The normalized spacial score (nSPS) is 14.7. The van der Waals surface area contributed by atoms with Gasteiger partial charge in [0.1, 0.15) is 22.5 Å². The van der Waals surface area contributed by atoms with Crippen LogP contribution in [0.3, 0.4) is 0 Å². The summed E-state index contributed by atoms with van der Waals surface area (Å²) >= 11 is 18.8. The van der Waals surface area contributed by atoms with Gasteiger partial charge in [-0.1, -0.05) is 53.0 Å². The molecule has 1 aliphatic rings. The molecule has 2 heterocycles. The van der Waals surface area contributed by atoms with Crippen LogP contribution in [0.2, 0.25) is 15.2 Å². The van der Waals surface area contributed by atoms with E-state index in [0.717, 1.165) is 13.1 Å². The number of nitriles is 1. The third-order valence-corrected chi connectivity index (χ3v) is 5.65. The minimum Gasteiger partial charge on any atom is -0.379 e. The van der Waals surface area contributed by atoms with Crippen molar-refractivity contribution in [3.63, 3.8) is 0 Å². The number of morpholine rings is 1. The van der Waals surface area contributed by atoms with E-state index < -0.39 is 0 Å². The molecule has 28 heavy (non-hydrogen) atoms. The molecule has 0 N–H and O–H groups in total. The molecule has 0 saturated carbocycles. The van der Waals surface area contributed by atoms with Crippen molar-refractivity contribution in [3.8, 4) is 6.07 Å². The van der Waals surface area contributed by atoms with Crippen LogP contribution in [-0.2, 0) is 11.3 Å². The Kier molecular flexibility index (Phi) is 7.33. The maximum atomic E-state index is 14.2. The average Bonchev–Trinajstić information content (AvgIpc) is 2.70. The van der Waals surface area contributed by atoms with E-state index in [1.807, 2.05) is 11.0 Å². The molecular formula is C19H18Cl3FN4O. The van der Waals surface area contributed by atoms with Crippen LogP contribution in [0.5, 0.6) is 0 Å². The van der Waals surface area contributed by atoms with Crippen LogP contribution in [0, 0.1) is 17.1 Å². The topological polar surface area (TPSA) is 52.4 Å². The van der Waals surface area contributed by atoms with E-state index in [4.69, 9.17) is 39.5 Å². The quantitative estimate of drug-likeness (QED) is 0.620. The van der Waals surface area contributed by atoms with Gasteiger partial charge in [-0.15, -0.1) is 0 Å². The van der Waals surface area contributed by atoms with Gasteiger partial charge in [-0.3, -0.25) is 4.90 Å². The van der Waals surface area contributed by atoms with Crippen LogP contribution in [0.1, 0.15) is 11.1 Å². The first-order chi connectivity index (χ1) is 13.5. The molecule has 0 spiro atoms. The van der Waals surface area contributed by atoms with Gasteiger partial charge in [0.15, 0.2) is 11.0 Å². The third kappa shape index (κ3) is 4.86. The van der Waals surface area contributed by atoms with Crippen LogP contribution in [0.4, 0.5) is 10.2 Å². The Morgan fingerprint density at radius 3 is 2.57 bits per heavy atom. The molecule has 2 aromatic rings. The number of rotatable bonds is 6. The highest BCUT2D eigenvalue weighted by atomic mass is 35.5. The van der Waals surface area contributed by atoms with Crippen LogP contribution >= 0.6 is 34.8 Å². The number of benzene rings is 1. The smallest absolute Gasteiger partial charge is 0.151 e. The van der Waals surface area contributed by atoms with Crippen molar-refractivity contribution in [1.82, 2.24) is 9.88 Å². The van der Waals surface area contributed by atoms with Gasteiger partial charge < -0.3 is 9.64 Å². The minimum absolute atomic E-state index is 0.0242. The first-order valence-corrected chi connectivity index (χ1v) is 9.87. The Labute approximate surface area is 178 Å². The maximum absolute atomic E-state index is 14.2. The van der Waals surface area contributed by atoms with Gasteiger partial charge >= 0.3 is 0 Å². The zero-order valence-electron chi connectivity index (χ0n) is 15.0. The summed E-state index contributed by atoms with van der Waals surface area (Å²) in [6.45, 7) is 4.49. The largest absolute Gasteiger partial charge is 0.379 e. The first kappa shape index (κ1) is 21.1. The van der Waals surface area contributed by atoms with Crippen LogP contribution in [-0.4, -0.2) is 49.3 Å². The Morgan fingerprint density at radius 1 is 1.18 bits per heavy atom. The Balaban J connectivity index is 1.91. The van der Waals surface area contributed by atoms with Gasteiger partial charge in [0.25, 0.3) is 0 Å². The lowest BCUT2D eigenvalue weighted by Gasteiger charge is -2.31. The Morgan fingerprint density at radius 2 is 1.89 bits per heavy atom. The summed E-state index contributed by atoms with van der Waals surface area (Å²) in [6.07, 6.45) is 0. The highest BCUT2D eigenvalue weighted by Crippen LogP contribution is 2.37. The number of halogens is 4. The second-order valence-electron chi connectivity index (χ2n) is 6.31. The van der Waals surface area contributed by atoms with E-state index in [9.17, 15) is 9.65 Å². The lowest BCUT2D eigenvalue weighted by molar-refractivity contribution is 0.0391. The number of hydrogen-bond donors (Lipinski definition) is 0. The molecule has 1 saturated heterocycles. The molecule has 9 heteroatoms. The third-order valence-electron chi connectivity index (χ3n) is 4.54. The summed E-state index contributed by atoms with van der Waals surface area (Å²) in [6, 6.07) is 8.42. The molecule has 1 aromatic carbocycles. The summed E-state index contributed by atoms with van der Waals surface area (Å²) < 4.78 is 19.6. The standard InChI is InChI=1S/C19H18Cl3FN4O/c20-16-14(11-24)18(22)25-19(17(16)21)27(6-5-26-7-9-28-10-8-26)12-13-3-1-2-4-15(13)23/h1-4H,5-10,12H2. The van der Waals surface area contributed by atoms with Gasteiger partial charge in [-0.25, -0.2) is 9.37 Å². The van der Waals surface area contributed by atoms with E-state index in [1.165, 1.54) is 6.07 Å². The number of nitrogens with zero attached hydrogens (tertiary/aromatic N) is 4. The van der Waals surface area contributed by atoms with Gasteiger partial charge in [0, 0.05) is 38.3 Å². The Bertz CT molecular complexity index is 884. The molecule has 1 fully saturated rings. The molecule has 0 radical (unpaired) electrons. The lowest BCUT2D eigenvalue weighted by atomic mass is 10.2. The highest BCUT2D eigenvalue weighted by Gasteiger charge is 2.22. The summed E-state index contributed by atoms with van der Waals surface area (Å²) in [5, 5.41) is 9.34. The van der Waals surface area contributed by atoms with Gasteiger partial charge in [0.2, 0.25) is 0 Å². The lowest BCUT2D eigenvalue weighted by Crippen LogP contribution is -2.41. The van der Waals surface area contributed by atoms with Gasteiger partial charge in [-0.2, -0.15) is 5.26 Å². The van der Waals surface area contributed by atoms with Crippen molar-refractivity contribution in [2.24, 2.45) is 0 Å². The molecule has 148 valence electrons. The van der Waals surface area contributed by atoms with E-state index in [-0.39, 0.29) is 33.1 Å². The SMILES string of the molecule is N#Cc1c(Cl)nc(N(CCN2CCOCC2)Cc2ccccc2F)c(Cl)c1Cl. The maximum Gasteiger partial charge on any atom is 0.151 e. The number of aromatic nitrogens is 1. The summed E-state index contributed by atoms with van der Waals surface area (Å²) in [5.74, 6) is 0.00742. The van der Waals surface area contributed by atoms with Crippen molar-refractivity contribution >= 4 is 40.6 Å². The predicted molar refractivity (Wildman–Crippen MR) is 109 cm³/mol. The van der Waals surface area contributed by atoms with E-state index in [2.05, 4.69) is 9.88 Å². The fraction of sp³-hybridized carbons (Fsp3) is 0.368. The number of hydrogen-bond acceptors (Lipinski definition) is 5. The second-order valence-corrected chi connectivity index (χ2v) is 7.42. The van der Waals surface area contributed by atoms with Gasteiger partial charge in [-0.05, 0) is 6.07 Å². The molecule has 0 unspecified atom stereocenters. The molecule has 0 aliphatic carbocycles. The van der Waals surface area contributed by atoms with Crippen molar-refractivity contribution in [3.05, 3.63) is 56.4 Å². The summed E-state index contributed by atoms with van der Waals surface area (Å²) in [5.41, 5.74) is 0.523. The summed E-state index contributed by atoms with van der Waals surface area (Å²) in [4.78, 5) is 8.36. The van der Waals surface area contributed by atoms with E-state index in [0.29, 0.717) is 37.7 Å². The first-order valence-electron chi connectivity index (χ1n) is 8.74. The molecule has 0 bridgehead atoms. The Hall–Kier alpha value is -1.62. The van der Waals surface area contributed by atoms with E-state index >= 15 is 0 Å². The second kappa shape index (κ2) is 9.73. The van der Waals surface area contributed by atoms with E-state index in [1.54, 1.807) is 18.2 Å². The zero-order chi connectivity index (χ0) is 20.1. The fourth-order valence-electron chi connectivity index (χ4n) is 2.98. The van der Waals surface area contributed by atoms with Crippen LogP contribution in [0.15, 0.2) is 24.3 Å². The van der Waals surface area contributed by atoms with Crippen molar-refractivity contribution in [2.75, 3.05) is 44.3 Å². The fourth-order valence-corrected chi connectivity index (χ4v) is 3.72. The molecule has 1 aromatic heterocycles. The zero-order valence-corrected chi connectivity index (χ0v) is 17.2. The molecule has 1 aliphatic heterocycles. The van der Waals surface area contributed by atoms with Crippen molar-refractivity contribution in [1.29, 1.82) is 5.26 Å². The molecule has 0 amide bonds. The number of anilines is 1. The minimum atomic E-state index is -0.319. The predicted octanol–water partition coefficient (Wildman–Crippen LogP) is 4.39. The molecule has 3 rings (SSSR count). The van der Waals surface area contributed by atoms with Gasteiger partial charge in [0.05, 0.1) is 18.2 Å². The molecular weight excluding hydrogens is 426 g/mol. The van der Waals surface area contributed by atoms with Crippen LogP contribution in [0.25, 0.3) is 0 Å². The monoisotopic (exact) mass is 442 g/mol. The highest BCUT2D eigenvalue weighted by molar-refractivity contribution is 6.45. The number of ether oxygens (including phenoxy) is 1. The molecule has 0 atom stereocenters. The molecule has 5 nitrogen and oxygen atoms in total. The van der Waals surface area contributed by atoms with Crippen molar-refractivity contribution < 1.29 is 9.13 Å². The van der Waals surface area contributed by atoms with Crippen LogP contribution < -0.4 is 4.90 Å². The van der Waals surface area contributed by atoms with Crippen molar-refractivity contribution in [2.45, 2.75) is 6.54 Å². The summed E-state index contributed by atoms with van der Waals surface area (Å²) in [7, 11) is 0.